The molecule has 2 heteroatoms. The van der Waals surface area contributed by atoms with E-state index >= 15 is 0 Å². The predicted molar refractivity (Wildman–Crippen MR) is 67.2 cm³/mol. The fourth-order valence-corrected chi connectivity index (χ4v) is 2.64. The monoisotopic (exact) mass is 300 g/mol. The van der Waals surface area contributed by atoms with Gasteiger partial charge in [-0.3, -0.25) is 0 Å². The summed E-state index contributed by atoms with van der Waals surface area (Å²) in [4.78, 5) is 2.73. The minimum absolute atomic E-state index is 1.29. The number of hydrogen-bond donors (Lipinski definition) is 0. The Kier molecular flexibility index (Phi) is 2.69. The van der Waals surface area contributed by atoms with E-state index in [1.165, 1.54) is 18.9 Å². The van der Waals surface area contributed by atoms with Gasteiger partial charge in [0.15, 0.2) is 0 Å². The molecule has 0 bridgehead atoms. The molecule has 0 saturated carbocycles. The lowest BCUT2D eigenvalue weighted by atomic mass is 10.2. The molecule has 1 heterocycles. The van der Waals surface area contributed by atoms with Crippen LogP contribution in [0.4, 0.5) is 0 Å². The molecule has 0 amide bonds. The summed E-state index contributed by atoms with van der Waals surface area (Å²) in [5.41, 5.74) is 1.32. The summed E-state index contributed by atoms with van der Waals surface area (Å²) in [5, 5.41) is 0. The fourth-order valence-electron chi connectivity index (χ4n) is 1.23. The number of thiophene rings is 1. The minimum atomic E-state index is 1.29. The van der Waals surface area contributed by atoms with Crippen molar-refractivity contribution < 1.29 is 0 Å². The fraction of sp³-hybridized carbons (Fsp3) is 0.0909. The van der Waals surface area contributed by atoms with Crippen LogP contribution in [0.5, 0.6) is 0 Å². The topological polar surface area (TPSA) is 0 Å². The van der Waals surface area contributed by atoms with E-state index in [1.807, 2.05) is 11.3 Å². The highest BCUT2D eigenvalue weighted by Gasteiger charge is 1.99. The van der Waals surface area contributed by atoms with Crippen molar-refractivity contribution >= 4 is 33.9 Å². The van der Waals surface area contributed by atoms with E-state index in [0.29, 0.717) is 0 Å². The van der Waals surface area contributed by atoms with Gasteiger partial charge in [-0.2, -0.15) is 0 Å². The molecule has 0 radical (unpaired) electrons. The first kappa shape index (κ1) is 9.21. The zero-order chi connectivity index (χ0) is 9.26. The second-order valence-electron chi connectivity index (χ2n) is 2.92. The van der Waals surface area contributed by atoms with Crippen LogP contribution in [0, 0.1) is 10.5 Å². The lowest BCUT2D eigenvalue weighted by Crippen LogP contribution is -1.73. The van der Waals surface area contributed by atoms with Gasteiger partial charge in [0.2, 0.25) is 0 Å². The maximum absolute atomic E-state index is 2.34. The van der Waals surface area contributed by atoms with Gasteiger partial charge in [0.05, 0.1) is 0 Å². The largest absolute Gasteiger partial charge is 0.141 e. The van der Waals surface area contributed by atoms with Crippen molar-refractivity contribution in [2.45, 2.75) is 6.92 Å². The zero-order valence-corrected chi connectivity index (χ0v) is 10.2. The van der Waals surface area contributed by atoms with Gasteiger partial charge in [0.1, 0.15) is 0 Å². The molecule has 13 heavy (non-hydrogen) atoms. The van der Waals surface area contributed by atoms with Gasteiger partial charge >= 0.3 is 0 Å². The maximum Gasteiger partial charge on any atom is 0.0345 e. The molecule has 0 N–H and O–H groups in total. The summed E-state index contributed by atoms with van der Waals surface area (Å²) < 4.78 is 1.29. The summed E-state index contributed by atoms with van der Waals surface area (Å²) in [6.07, 6.45) is 0. The highest BCUT2D eigenvalue weighted by molar-refractivity contribution is 14.1. The van der Waals surface area contributed by atoms with Crippen molar-refractivity contribution in [1.82, 2.24) is 0 Å². The molecule has 0 saturated heterocycles. The summed E-state index contributed by atoms with van der Waals surface area (Å²) in [5.74, 6) is 0. The summed E-state index contributed by atoms with van der Waals surface area (Å²) in [6.45, 7) is 2.14. The highest BCUT2D eigenvalue weighted by Crippen LogP contribution is 2.28. The summed E-state index contributed by atoms with van der Waals surface area (Å²) >= 11 is 4.19. The molecule has 0 aliphatic heterocycles. The number of hydrogen-bond acceptors (Lipinski definition) is 1. The summed E-state index contributed by atoms with van der Waals surface area (Å²) in [6, 6.07) is 12.9. The van der Waals surface area contributed by atoms with E-state index < -0.39 is 0 Å². The van der Waals surface area contributed by atoms with Crippen LogP contribution in [0.1, 0.15) is 4.88 Å². The Balaban J connectivity index is 2.46. The number of halogens is 1. The maximum atomic E-state index is 2.34. The molecule has 0 fully saturated rings. The second-order valence-corrected chi connectivity index (χ2v) is 5.45. The molecule has 2 rings (SSSR count). The third kappa shape index (κ3) is 2.11. The Morgan fingerprint density at radius 2 is 2.00 bits per heavy atom. The quantitative estimate of drug-likeness (QED) is 0.688. The minimum Gasteiger partial charge on any atom is -0.141 e. The SMILES string of the molecule is Cc1ccc(-c2cccc(I)c2)s1. The molecular weight excluding hydrogens is 291 g/mol. The molecule has 0 aliphatic carbocycles. The molecule has 66 valence electrons. The zero-order valence-electron chi connectivity index (χ0n) is 7.25. The van der Waals surface area contributed by atoms with E-state index in [-0.39, 0.29) is 0 Å². The Morgan fingerprint density at radius 3 is 2.62 bits per heavy atom. The third-order valence-corrected chi connectivity index (χ3v) is 3.57. The van der Waals surface area contributed by atoms with Crippen LogP contribution in [0.3, 0.4) is 0 Å². The van der Waals surface area contributed by atoms with Crippen LogP contribution >= 0.6 is 33.9 Å². The van der Waals surface area contributed by atoms with Crippen molar-refractivity contribution in [3.05, 3.63) is 44.8 Å². The lowest BCUT2D eigenvalue weighted by Gasteiger charge is -1.96. The average Bonchev–Trinajstić information content (AvgIpc) is 2.52. The molecule has 1 aromatic heterocycles. The van der Waals surface area contributed by atoms with Crippen LogP contribution in [0.2, 0.25) is 0 Å². The van der Waals surface area contributed by atoms with Crippen molar-refractivity contribution in [1.29, 1.82) is 0 Å². The lowest BCUT2D eigenvalue weighted by molar-refractivity contribution is 1.63. The average molecular weight is 300 g/mol. The van der Waals surface area contributed by atoms with Gasteiger partial charge in [-0.25, -0.2) is 0 Å². The predicted octanol–water partition coefficient (Wildman–Crippen LogP) is 4.33. The van der Waals surface area contributed by atoms with Crippen molar-refractivity contribution in [2.75, 3.05) is 0 Å². The molecule has 1 aromatic carbocycles. The number of benzene rings is 1. The van der Waals surface area contributed by atoms with Crippen molar-refractivity contribution in [3.63, 3.8) is 0 Å². The third-order valence-electron chi connectivity index (χ3n) is 1.85. The first-order valence-electron chi connectivity index (χ1n) is 4.08. The van der Waals surface area contributed by atoms with Crippen LogP contribution in [-0.4, -0.2) is 0 Å². The standard InChI is InChI=1S/C11H9IS/c1-8-5-6-11(13-8)9-3-2-4-10(12)7-9/h2-7H,1H3. The van der Waals surface area contributed by atoms with E-state index in [2.05, 4.69) is 65.9 Å². The molecule has 0 nitrogen and oxygen atoms in total. The van der Waals surface area contributed by atoms with Crippen molar-refractivity contribution in [3.8, 4) is 10.4 Å². The molecule has 0 spiro atoms. The molecule has 0 aliphatic rings. The molecule has 2 aromatic rings. The van der Waals surface area contributed by atoms with Crippen LogP contribution < -0.4 is 0 Å². The smallest absolute Gasteiger partial charge is 0.0345 e. The summed E-state index contributed by atoms with van der Waals surface area (Å²) in [7, 11) is 0. The van der Waals surface area contributed by atoms with Crippen LogP contribution in [0.15, 0.2) is 36.4 Å². The van der Waals surface area contributed by atoms with E-state index in [4.69, 9.17) is 0 Å². The van der Waals surface area contributed by atoms with Crippen LogP contribution in [0.25, 0.3) is 10.4 Å². The van der Waals surface area contributed by atoms with Gasteiger partial charge in [-0.05, 0) is 59.3 Å². The molecular formula is C11H9IS. The Hall–Kier alpha value is -0.350. The highest BCUT2D eigenvalue weighted by atomic mass is 127. The number of aryl methyl sites for hydroxylation is 1. The van der Waals surface area contributed by atoms with Gasteiger partial charge in [0, 0.05) is 13.3 Å². The Labute approximate surface area is 95.8 Å². The van der Waals surface area contributed by atoms with Gasteiger partial charge < -0.3 is 0 Å². The second kappa shape index (κ2) is 3.80. The van der Waals surface area contributed by atoms with Crippen LogP contribution in [-0.2, 0) is 0 Å². The molecule has 0 atom stereocenters. The first-order chi connectivity index (χ1) is 6.25. The van der Waals surface area contributed by atoms with Gasteiger partial charge in [-0.15, -0.1) is 11.3 Å². The van der Waals surface area contributed by atoms with E-state index in [0.717, 1.165) is 0 Å². The van der Waals surface area contributed by atoms with E-state index in [9.17, 15) is 0 Å². The van der Waals surface area contributed by atoms with Gasteiger partial charge in [0.25, 0.3) is 0 Å². The Bertz CT molecular complexity index is 418. The Morgan fingerprint density at radius 1 is 1.15 bits per heavy atom. The van der Waals surface area contributed by atoms with Crippen molar-refractivity contribution in [2.24, 2.45) is 0 Å². The normalized spacial score (nSPS) is 10.3. The van der Waals surface area contributed by atoms with Gasteiger partial charge in [-0.1, -0.05) is 12.1 Å². The number of rotatable bonds is 1. The van der Waals surface area contributed by atoms with E-state index in [1.54, 1.807) is 0 Å². The first-order valence-corrected chi connectivity index (χ1v) is 5.97. The molecule has 0 unspecified atom stereocenters.